The van der Waals surface area contributed by atoms with Crippen molar-refractivity contribution in [3.05, 3.63) is 59.7 Å². The standard InChI is InChI=1S/C21H26O4/c1-2-3-4-5-14-25-21(24)15-20(16-6-10-18(22)11-7-16)17-8-12-19(23)13-9-17/h6-13,20,22-23H,2-5,14-15H2,1H3. The summed E-state index contributed by atoms with van der Waals surface area (Å²) in [5.41, 5.74) is 1.85. The van der Waals surface area contributed by atoms with Crippen LogP contribution in [0.15, 0.2) is 48.5 Å². The molecule has 25 heavy (non-hydrogen) atoms. The van der Waals surface area contributed by atoms with Crippen LogP contribution >= 0.6 is 0 Å². The Labute approximate surface area is 149 Å². The molecule has 0 radical (unpaired) electrons. The third-order valence-electron chi connectivity index (χ3n) is 4.22. The van der Waals surface area contributed by atoms with Crippen LogP contribution in [-0.2, 0) is 9.53 Å². The normalized spacial score (nSPS) is 10.8. The molecular formula is C21H26O4. The van der Waals surface area contributed by atoms with Gasteiger partial charge < -0.3 is 14.9 Å². The minimum atomic E-state index is -0.234. The number of ether oxygens (including phenoxy) is 1. The van der Waals surface area contributed by atoms with Crippen LogP contribution in [-0.4, -0.2) is 22.8 Å². The molecule has 4 heteroatoms. The molecule has 134 valence electrons. The zero-order valence-electron chi connectivity index (χ0n) is 14.6. The zero-order valence-corrected chi connectivity index (χ0v) is 14.6. The number of benzene rings is 2. The lowest BCUT2D eigenvalue weighted by molar-refractivity contribution is -0.144. The molecule has 0 spiro atoms. The maximum Gasteiger partial charge on any atom is 0.306 e. The summed E-state index contributed by atoms with van der Waals surface area (Å²) in [6.07, 6.45) is 4.49. The van der Waals surface area contributed by atoms with Crippen LogP contribution < -0.4 is 0 Å². The van der Waals surface area contributed by atoms with Gasteiger partial charge in [-0.25, -0.2) is 0 Å². The summed E-state index contributed by atoms with van der Waals surface area (Å²) in [4.78, 5) is 12.2. The van der Waals surface area contributed by atoms with Crippen LogP contribution in [0.1, 0.15) is 56.1 Å². The summed E-state index contributed by atoms with van der Waals surface area (Å²) in [6.45, 7) is 2.60. The van der Waals surface area contributed by atoms with Gasteiger partial charge in [0.1, 0.15) is 11.5 Å². The molecule has 0 aliphatic carbocycles. The largest absolute Gasteiger partial charge is 0.508 e. The van der Waals surface area contributed by atoms with Gasteiger partial charge in [-0.2, -0.15) is 0 Å². The number of unbranched alkanes of at least 4 members (excludes halogenated alkanes) is 3. The Kier molecular flexibility index (Phi) is 7.33. The summed E-state index contributed by atoms with van der Waals surface area (Å²) in [7, 11) is 0. The number of carbonyl (C=O) groups excluding carboxylic acids is 1. The first-order valence-corrected chi connectivity index (χ1v) is 8.83. The van der Waals surface area contributed by atoms with E-state index in [1.54, 1.807) is 48.5 Å². The lowest BCUT2D eigenvalue weighted by Gasteiger charge is -2.18. The van der Waals surface area contributed by atoms with Gasteiger partial charge in [-0.05, 0) is 41.8 Å². The molecular weight excluding hydrogens is 316 g/mol. The van der Waals surface area contributed by atoms with Crippen LogP contribution in [0.5, 0.6) is 11.5 Å². The van der Waals surface area contributed by atoms with Gasteiger partial charge in [0.15, 0.2) is 0 Å². The first-order chi connectivity index (χ1) is 12.1. The SMILES string of the molecule is CCCCCCOC(=O)CC(c1ccc(O)cc1)c1ccc(O)cc1. The van der Waals surface area contributed by atoms with Crippen LogP contribution in [0.25, 0.3) is 0 Å². The fraction of sp³-hybridized carbons (Fsp3) is 0.381. The number of phenols is 2. The average molecular weight is 342 g/mol. The number of phenolic OH excluding ortho intramolecular Hbond substituents is 2. The highest BCUT2D eigenvalue weighted by Gasteiger charge is 2.19. The molecule has 0 bridgehead atoms. The highest BCUT2D eigenvalue weighted by Crippen LogP contribution is 2.30. The smallest absolute Gasteiger partial charge is 0.306 e. The summed E-state index contributed by atoms with van der Waals surface area (Å²) in [6, 6.07) is 13.7. The Morgan fingerprint density at radius 3 is 1.88 bits per heavy atom. The molecule has 0 saturated carbocycles. The fourth-order valence-corrected chi connectivity index (χ4v) is 2.78. The lowest BCUT2D eigenvalue weighted by atomic mass is 9.88. The van der Waals surface area contributed by atoms with E-state index in [9.17, 15) is 15.0 Å². The van der Waals surface area contributed by atoms with Crippen molar-refractivity contribution in [1.82, 2.24) is 0 Å². The Morgan fingerprint density at radius 1 is 0.880 bits per heavy atom. The quantitative estimate of drug-likeness (QED) is 0.510. The van der Waals surface area contributed by atoms with Gasteiger partial charge in [0.25, 0.3) is 0 Å². The van der Waals surface area contributed by atoms with Crippen molar-refractivity contribution in [3.8, 4) is 11.5 Å². The summed E-state index contributed by atoms with van der Waals surface area (Å²) in [5, 5.41) is 19.0. The molecule has 0 aliphatic rings. The molecule has 2 aromatic carbocycles. The van der Waals surface area contributed by atoms with E-state index < -0.39 is 0 Å². The first kappa shape index (κ1) is 18.8. The van der Waals surface area contributed by atoms with E-state index in [0.29, 0.717) is 6.61 Å². The van der Waals surface area contributed by atoms with Gasteiger partial charge in [0, 0.05) is 5.92 Å². The number of rotatable bonds is 9. The van der Waals surface area contributed by atoms with Gasteiger partial charge in [-0.3, -0.25) is 4.79 Å². The fourth-order valence-electron chi connectivity index (χ4n) is 2.78. The van der Waals surface area contributed by atoms with E-state index in [4.69, 9.17) is 4.74 Å². The molecule has 0 fully saturated rings. The van der Waals surface area contributed by atoms with E-state index in [1.807, 2.05) is 0 Å². The number of hydrogen-bond acceptors (Lipinski definition) is 4. The van der Waals surface area contributed by atoms with Crippen LogP contribution in [0.2, 0.25) is 0 Å². The lowest BCUT2D eigenvalue weighted by Crippen LogP contribution is -2.12. The van der Waals surface area contributed by atoms with Gasteiger partial charge in [-0.1, -0.05) is 50.5 Å². The zero-order chi connectivity index (χ0) is 18.1. The molecule has 2 aromatic rings. The van der Waals surface area contributed by atoms with Crippen LogP contribution in [0.3, 0.4) is 0 Å². The second-order valence-electron chi connectivity index (χ2n) is 6.22. The van der Waals surface area contributed by atoms with Crippen LogP contribution in [0, 0.1) is 0 Å². The maximum atomic E-state index is 12.2. The molecule has 4 nitrogen and oxygen atoms in total. The molecule has 0 heterocycles. The molecule has 2 rings (SSSR count). The predicted octanol–water partition coefficient (Wildman–Crippen LogP) is 4.74. The Bertz CT molecular complexity index is 601. The van der Waals surface area contributed by atoms with Crippen LogP contribution in [0.4, 0.5) is 0 Å². The van der Waals surface area contributed by atoms with E-state index in [1.165, 1.54) is 0 Å². The Balaban J connectivity index is 2.05. The topological polar surface area (TPSA) is 66.8 Å². The summed E-state index contributed by atoms with van der Waals surface area (Å²) in [5.74, 6) is -0.0367. The number of esters is 1. The van der Waals surface area contributed by atoms with Gasteiger partial charge >= 0.3 is 5.97 Å². The molecule has 2 N–H and O–H groups in total. The Morgan fingerprint density at radius 2 is 1.40 bits per heavy atom. The minimum Gasteiger partial charge on any atom is -0.508 e. The van der Waals surface area contributed by atoms with Crippen molar-refractivity contribution >= 4 is 5.97 Å². The van der Waals surface area contributed by atoms with E-state index >= 15 is 0 Å². The Hall–Kier alpha value is -2.49. The highest BCUT2D eigenvalue weighted by atomic mass is 16.5. The number of aromatic hydroxyl groups is 2. The van der Waals surface area contributed by atoms with E-state index in [2.05, 4.69) is 6.92 Å². The number of carbonyl (C=O) groups is 1. The van der Waals surface area contributed by atoms with Gasteiger partial charge in [0.05, 0.1) is 13.0 Å². The molecule has 0 atom stereocenters. The summed E-state index contributed by atoms with van der Waals surface area (Å²) >= 11 is 0. The van der Waals surface area contributed by atoms with Crippen molar-refractivity contribution in [3.63, 3.8) is 0 Å². The monoisotopic (exact) mass is 342 g/mol. The first-order valence-electron chi connectivity index (χ1n) is 8.83. The average Bonchev–Trinajstić information content (AvgIpc) is 2.61. The second kappa shape index (κ2) is 9.72. The van der Waals surface area contributed by atoms with Crippen molar-refractivity contribution in [2.45, 2.75) is 44.9 Å². The summed E-state index contributed by atoms with van der Waals surface area (Å²) < 4.78 is 5.37. The minimum absolute atomic E-state index is 0.177. The van der Waals surface area contributed by atoms with E-state index in [-0.39, 0.29) is 29.8 Å². The molecule has 0 amide bonds. The van der Waals surface area contributed by atoms with Crippen molar-refractivity contribution in [2.24, 2.45) is 0 Å². The molecule has 0 saturated heterocycles. The second-order valence-corrected chi connectivity index (χ2v) is 6.22. The maximum absolute atomic E-state index is 12.2. The van der Waals surface area contributed by atoms with Gasteiger partial charge in [0.2, 0.25) is 0 Å². The van der Waals surface area contributed by atoms with Crippen molar-refractivity contribution in [1.29, 1.82) is 0 Å². The molecule has 0 unspecified atom stereocenters. The predicted molar refractivity (Wildman–Crippen MR) is 97.8 cm³/mol. The van der Waals surface area contributed by atoms with Crippen molar-refractivity contribution < 1.29 is 19.7 Å². The third-order valence-corrected chi connectivity index (χ3v) is 4.22. The number of hydrogen-bond donors (Lipinski definition) is 2. The highest BCUT2D eigenvalue weighted by molar-refractivity contribution is 5.71. The third kappa shape index (κ3) is 6.14. The molecule has 0 aromatic heterocycles. The molecule has 0 aliphatic heterocycles. The van der Waals surface area contributed by atoms with Crippen molar-refractivity contribution in [2.75, 3.05) is 6.61 Å². The van der Waals surface area contributed by atoms with Gasteiger partial charge in [-0.15, -0.1) is 0 Å². The van der Waals surface area contributed by atoms with E-state index in [0.717, 1.165) is 36.8 Å².